The first-order valence-corrected chi connectivity index (χ1v) is 4.60. The second-order valence-electron chi connectivity index (χ2n) is 3.13. The third-order valence-electron chi connectivity index (χ3n) is 1.85. The van der Waals surface area contributed by atoms with E-state index < -0.39 is 6.17 Å². The number of isocyanates is 1. The lowest BCUT2D eigenvalue weighted by molar-refractivity contribution is -0.119. The second kappa shape index (κ2) is 5.73. The Kier molecular flexibility index (Phi) is 4.26. The molecule has 0 heterocycles. The van der Waals surface area contributed by atoms with E-state index in [1.54, 1.807) is 0 Å². The summed E-state index contributed by atoms with van der Waals surface area (Å²) < 4.78 is 0. The Bertz CT molecular complexity index is 369. The average Bonchev–Trinajstić information content (AvgIpc) is 2.18. The SMILES string of the molecule is CC(=O)N[C@@H](Cc1ccccc1)N=C=O. The van der Waals surface area contributed by atoms with Crippen LogP contribution in [0.1, 0.15) is 12.5 Å². The Labute approximate surface area is 88.0 Å². The van der Waals surface area contributed by atoms with Gasteiger partial charge in [0.25, 0.3) is 0 Å². The molecular weight excluding hydrogens is 192 g/mol. The van der Waals surface area contributed by atoms with Gasteiger partial charge in [-0.3, -0.25) is 4.79 Å². The summed E-state index contributed by atoms with van der Waals surface area (Å²) in [5.41, 5.74) is 1.01. The zero-order valence-electron chi connectivity index (χ0n) is 8.43. The molecule has 0 unspecified atom stereocenters. The molecule has 0 fully saturated rings. The van der Waals surface area contributed by atoms with Gasteiger partial charge in [-0.15, -0.1) is 0 Å². The molecule has 1 amide bonds. The predicted molar refractivity (Wildman–Crippen MR) is 55.9 cm³/mol. The standard InChI is InChI=1S/C11H12N2O2/c1-9(15)13-11(12-8-14)7-10-5-3-2-4-6-10/h2-6,11H,7H2,1H3,(H,13,15)/t11-/m0/s1. The minimum atomic E-state index is -0.526. The van der Waals surface area contributed by atoms with E-state index in [4.69, 9.17) is 0 Å². The summed E-state index contributed by atoms with van der Waals surface area (Å²) in [5, 5.41) is 2.56. The lowest BCUT2D eigenvalue weighted by atomic mass is 10.1. The van der Waals surface area contributed by atoms with Crippen LogP contribution in [-0.4, -0.2) is 18.2 Å². The van der Waals surface area contributed by atoms with Crippen molar-refractivity contribution in [1.29, 1.82) is 0 Å². The van der Waals surface area contributed by atoms with Crippen molar-refractivity contribution in [2.75, 3.05) is 0 Å². The lowest BCUT2D eigenvalue weighted by Crippen LogP contribution is -2.33. The van der Waals surface area contributed by atoms with Gasteiger partial charge in [0, 0.05) is 13.3 Å². The summed E-state index contributed by atoms with van der Waals surface area (Å²) in [4.78, 5) is 24.5. The smallest absolute Gasteiger partial charge is 0.237 e. The van der Waals surface area contributed by atoms with Gasteiger partial charge in [-0.05, 0) is 5.56 Å². The van der Waals surface area contributed by atoms with Crippen molar-refractivity contribution < 1.29 is 9.59 Å². The molecule has 1 rings (SSSR count). The Morgan fingerprint density at radius 3 is 2.67 bits per heavy atom. The van der Waals surface area contributed by atoms with Crippen molar-refractivity contribution in [3.8, 4) is 0 Å². The third-order valence-corrected chi connectivity index (χ3v) is 1.85. The largest absolute Gasteiger partial charge is 0.333 e. The van der Waals surface area contributed by atoms with E-state index in [2.05, 4.69) is 10.3 Å². The fourth-order valence-corrected chi connectivity index (χ4v) is 1.26. The van der Waals surface area contributed by atoms with Crippen LogP contribution in [-0.2, 0) is 16.0 Å². The zero-order chi connectivity index (χ0) is 11.1. The van der Waals surface area contributed by atoms with E-state index in [-0.39, 0.29) is 5.91 Å². The van der Waals surface area contributed by atoms with Crippen LogP contribution < -0.4 is 5.32 Å². The molecule has 1 N–H and O–H groups in total. The summed E-state index contributed by atoms with van der Waals surface area (Å²) in [7, 11) is 0. The van der Waals surface area contributed by atoms with E-state index in [9.17, 15) is 9.59 Å². The van der Waals surface area contributed by atoms with Crippen LogP contribution in [0.25, 0.3) is 0 Å². The number of hydrogen-bond donors (Lipinski definition) is 1. The normalized spacial score (nSPS) is 11.3. The van der Waals surface area contributed by atoms with Crippen molar-refractivity contribution in [2.45, 2.75) is 19.5 Å². The minimum Gasteiger partial charge on any atom is -0.333 e. The van der Waals surface area contributed by atoms with Gasteiger partial charge in [0.15, 0.2) is 0 Å². The van der Waals surface area contributed by atoms with E-state index in [0.29, 0.717) is 6.42 Å². The third kappa shape index (κ3) is 4.20. The Balaban J connectivity index is 2.66. The van der Waals surface area contributed by atoms with Gasteiger partial charge in [0.05, 0.1) is 0 Å². The monoisotopic (exact) mass is 204 g/mol. The van der Waals surface area contributed by atoms with Gasteiger partial charge in [0.2, 0.25) is 12.0 Å². The van der Waals surface area contributed by atoms with E-state index in [1.165, 1.54) is 13.0 Å². The summed E-state index contributed by atoms with van der Waals surface area (Å²) in [6.07, 6.45) is 1.42. The summed E-state index contributed by atoms with van der Waals surface area (Å²) in [6, 6.07) is 9.51. The minimum absolute atomic E-state index is 0.213. The number of nitrogens with one attached hydrogen (secondary N) is 1. The van der Waals surface area contributed by atoms with Gasteiger partial charge in [0.1, 0.15) is 6.17 Å². The maximum Gasteiger partial charge on any atom is 0.237 e. The average molecular weight is 204 g/mol. The highest BCUT2D eigenvalue weighted by Gasteiger charge is 2.08. The molecule has 0 aliphatic heterocycles. The molecule has 0 spiro atoms. The summed E-state index contributed by atoms with van der Waals surface area (Å²) in [5.74, 6) is -0.213. The molecule has 0 bridgehead atoms. The lowest BCUT2D eigenvalue weighted by Gasteiger charge is -2.10. The van der Waals surface area contributed by atoms with Crippen molar-refractivity contribution in [3.63, 3.8) is 0 Å². The molecule has 0 saturated carbocycles. The molecule has 0 aliphatic carbocycles. The number of benzene rings is 1. The first kappa shape index (κ1) is 11.1. The van der Waals surface area contributed by atoms with Crippen molar-refractivity contribution >= 4 is 12.0 Å². The zero-order valence-corrected chi connectivity index (χ0v) is 8.43. The van der Waals surface area contributed by atoms with Crippen LogP contribution in [0.2, 0.25) is 0 Å². The van der Waals surface area contributed by atoms with Crippen LogP contribution in [0.5, 0.6) is 0 Å². The highest BCUT2D eigenvalue weighted by molar-refractivity contribution is 5.73. The van der Waals surface area contributed by atoms with Gasteiger partial charge in [-0.25, -0.2) is 4.79 Å². The van der Waals surface area contributed by atoms with Gasteiger partial charge in [-0.2, -0.15) is 4.99 Å². The van der Waals surface area contributed by atoms with Crippen molar-refractivity contribution in [2.24, 2.45) is 4.99 Å². The molecule has 0 radical (unpaired) electrons. The van der Waals surface area contributed by atoms with E-state index >= 15 is 0 Å². The number of carbonyl (C=O) groups excluding carboxylic acids is 2. The van der Waals surface area contributed by atoms with Crippen LogP contribution in [0, 0.1) is 0 Å². The molecule has 1 aromatic rings. The Morgan fingerprint density at radius 1 is 1.47 bits per heavy atom. The molecule has 4 nitrogen and oxygen atoms in total. The highest BCUT2D eigenvalue weighted by atomic mass is 16.1. The van der Waals surface area contributed by atoms with Crippen LogP contribution in [0.15, 0.2) is 35.3 Å². The maximum absolute atomic E-state index is 10.8. The summed E-state index contributed by atoms with van der Waals surface area (Å²) >= 11 is 0. The van der Waals surface area contributed by atoms with Crippen molar-refractivity contribution in [3.05, 3.63) is 35.9 Å². The fraction of sp³-hybridized carbons (Fsp3) is 0.273. The quantitative estimate of drug-likeness (QED) is 0.588. The molecule has 15 heavy (non-hydrogen) atoms. The predicted octanol–water partition coefficient (Wildman–Crippen LogP) is 1.03. The number of nitrogens with zero attached hydrogens (tertiary/aromatic N) is 1. The highest BCUT2D eigenvalue weighted by Crippen LogP contribution is 2.03. The topological polar surface area (TPSA) is 58.5 Å². The van der Waals surface area contributed by atoms with Crippen LogP contribution in [0.3, 0.4) is 0 Å². The molecule has 78 valence electrons. The number of amides is 1. The molecule has 1 aromatic carbocycles. The number of carbonyl (C=O) groups is 1. The number of aliphatic imine (C=N–C) groups is 1. The Hall–Kier alpha value is -1.93. The Morgan fingerprint density at radius 2 is 2.13 bits per heavy atom. The first-order chi connectivity index (χ1) is 7.22. The van der Waals surface area contributed by atoms with E-state index in [0.717, 1.165) is 5.56 Å². The fourth-order valence-electron chi connectivity index (χ4n) is 1.26. The van der Waals surface area contributed by atoms with Gasteiger partial charge >= 0.3 is 0 Å². The number of rotatable bonds is 4. The number of hydrogen-bond acceptors (Lipinski definition) is 3. The first-order valence-electron chi connectivity index (χ1n) is 4.60. The molecule has 0 aliphatic rings. The maximum atomic E-state index is 10.8. The summed E-state index contributed by atoms with van der Waals surface area (Å²) in [6.45, 7) is 1.39. The van der Waals surface area contributed by atoms with Gasteiger partial charge < -0.3 is 5.32 Å². The molecule has 4 heteroatoms. The van der Waals surface area contributed by atoms with Crippen LogP contribution >= 0.6 is 0 Å². The van der Waals surface area contributed by atoms with Crippen molar-refractivity contribution in [1.82, 2.24) is 5.32 Å². The second-order valence-corrected chi connectivity index (χ2v) is 3.13. The molecular formula is C11H12N2O2. The van der Waals surface area contributed by atoms with E-state index in [1.807, 2.05) is 30.3 Å². The molecule has 0 aromatic heterocycles. The molecule has 1 atom stereocenters. The molecule has 0 saturated heterocycles. The van der Waals surface area contributed by atoms with Crippen LogP contribution in [0.4, 0.5) is 0 Å². The van der Waals surface area contributed by atoms with Gasteiger partial charge in [-0.1, -0.05) is 30.3 Å².